The van der Waals surface area contributed by atoms with E-state index < -0.39 is 6.04 Å². The number of rotatable bonds is 7. The van der Waals surface area contributed by atoms with Crippen LogP contribution in [0.1, 0.15) is 61.6 Å². The summed E-state index contributed by atoms with van der Waals surface area (Å²) in [4.78, 5) is 27.3. The van der Waals surface area contributed by atoms with Gasteiger partial charge in [-0.15, -0.1) is 0 Å². The minimum absolute atomic E-state index is 0.00115. The second kappa shape index (κ2) is 9.93. The van der Waals surface area contributed by atoms with E-state index in [-0.39, 0.29) is 17.9 Å². The predicted octanol–water partition coefficient (Wildman–Crippen LogP) is 5.56. The molecule has 0 fully saturated rings. The van der Waals surface area contributed by atoms with Gasteiger partial charge in [-0.1, -0.05) is 43.3 Å². The van der Waals surface area contributed by atoms with Crippen LogP contribution in [0.15, 0.2) is 65.6 Å². The summed E-state index contributed by atoms with van der Waals surface area (Å²) in [7, 11) is 0. The summed E-state index contributed by atoms with van der Waals surface area (Å²) in [5, 5.41) is 12.5. The topological polar surface area (TPSA) is 112 Å². The molecular weight excluding hydrogens is 466 g/mol. The highest BCUT2D eigenvalue weighted by Gasteiger charge is 2.27. The molecule has 1 unspecified atom stereocenters. The van der Waals surface area contributed by atoms with Crippen LogP contribution in [0, 0.1) is 12.8 Å². The Bertz CT molecular complexity index is 1550. The molecule has 1 atom stereocenters. The smallest absolute Gasteiger partial charge is 0.252 e. The van der Waals surface area contributed by atoms with Gasteiger partial charge in [-0.05, 0) is 50.5 Å². The third-order valence-corrected chi connectivity index (χ3v) is 6.32. The van der Waals surface area contributed by atoms with E-state index in [2.05, 4.69) is 25.5 Å². The van der Waals surface area contributed by atoms with Crippen molar-refractivity contribution in [2.24, 2.45) is 5.92 Å². The molecule has 0 aliphatic carbocycles. The van der Waals surface area contributed by atoms with E-state index in [4.69, 9.17) is 9.51 Å². The zero-order valence-corrected chi connectivity index (χ0v) is 21.5. The Kier molecular flexibility index (Phi) is 6.52. The number of aryl methyl sites for hydroxylation is 1. The van der Waals surface area contributed by atoms with Crippen molar-refractivity contribution >= 4 is 16.9 Å². The molecule has 4 aromatic heterocycles. The van der Waals surface area contributed by atoms with Crippen molar-refractivity contribution in [1.82, 2.24) is 35.2 Å². The summed E-state index contributed by atoms with van der Waals surface area (Å²) < 4.78 is 7.43. The average molecular weight is 496 g/mol. The number of amides is 1. The first-order chi connectivity index (χ1) is 17.8. The van der Waals surface area contributed by atoms with E-state index >= 15 is 0 Å². The molecule has 0 spiro atoms. The Labute approximate surface area is 215 Å². The summed E-state index contributed by atoms with van der Waals surface area (Å²) in [6.45, 7) is 10.1. The van der Waals surface area contributed by atoms with Crippen molar-refractivity contribution in [3.8, 4) is 22.6 Å². The Hall–Kier alpha value is -4.40. The van der Waals surface area contributed by atoms with Crippen LogP contribution in [-0.4, -0.2) is 35.8 Å². The normalized spacial score (nSPS) is 12.4. The van der Waals surface area contributed by atoms with E-state index in [0.29, 0.717) is 28.3 Å². The van der Waals surface area contributed by atoms with Gasteiger partial charge in [-0.2, -0.15) is 10.1 Å². The number of nitrogens with zero attached hydrogens (tertiary/aromatic N) is 6. The number of fused-ring (bicyclic) bond motifs is 1. The third kappa shape index (κ3) is 4.72. The van der Waals surface area contributed by atoms with E-state index in [1.165, 1.54) is 0 Å². The molecule has 0 saturated carbocycles. The van der Waals surface area contributed by atoms with E-state index in [0.717, 1.165) is 22.4 Å². The number of hydrogen-bond donors (Lipinski definition) is 1. The number of carbonyl (C=O) groups excluding carboxylic acids is 1. The lowest BCUT2D eigenvalue weighted by molar-refractivity contribution is 0.0915. The average Bonchev–Trinajstić information content (AvgIpc) is 3.55. The van der Waals surface area contributed by atoms with Gasteiger partial charge >= 0.3 is 0 Å². The molecule has 37 heavy (non-hydrogen) atoms. The highest BCUT2D eigenvalue weighted by Crippen LogP contribution is 2.30. The molecule has 0 aliphatic heterocycles. The van der Waals surface area contributed by atoms with Gasteiger partial charge in [0.25, 0.3) is 5.91 Å². The van der Waals surface area contributed by atoms with E-state index in [1.54, 1.807) is 18.6 Å². The van der Waals surface area contributed by atoms with Crippen LogP contribution >= 0.6 is 0 Å². The van der Waals surface area contributed by atoms with Crippen LogP contribution in [-0.2, 0) is 0 Å². The van der Waals surface area contributed by atoms with Crippen molar-refractivity contribution in [2.75, 3.05) is 0 Å². The molecule has 0 radical (unpaired) electrons. The van der Waals surface area contributed by atoms with Gasteiger partial charge in [-0.3, -0.25) is 9.78 Å². The number of nitrogens with one attached hydrogen (secondary N) is 1. The molecule has 1 N–H and O–H groups in total. The molecule has 9 nitrogen and oxygen atoms in total. The van der Waals surface area contributed by atoms with Crippen LogP contribution in [0.25, 0.3) is 33.7 Å². The minimum atomic E-state index is -0.485. The summed E-state index contributed by atoms with van der Waals surface area (Å²) in [6, 6.07) is 13.1. The minimum Gasteiger partial charge on any atom is -0.340 e. The number of hydrogen-bond acceptors (Lipinski definition) is 7. The zero-order valence-electron chi connectivity index (χ0n) is 21.5. The summed E-state index contributed by atoms with van der Waals surface area (Å²) >= 11 is 0. The second-order valence-electron chi connectivity index (χ2n) is 9.68. The summed E-state index contributed by atoms with van der Waals surface area (Å²) in [6.07, 6.45) is 5.05. The van der Waals surface area contributed by atoms with Gasteiger partial charge in [0.2, 0.25) is 11.7 Å². The number of carbonyl (C=O) groups is 1. The van der Waals surface area contributed by atoms with E-state index in [9.17, 15) is 4.79 Å². The van der Waals surface area contributed by atoms with Crippen LogP contribution in [0.2, 0.25) is 0 Å². The monoisotopic (exact) mass is 495 g/mol. The lowest BCUT2D eigenvalue weighted by Crippen LogP contribution is -2.32. The SMILES string of the molecule is Cc1ccccc1-c1cc(C(=O)NC(c2nc(-c3ccncc3)no2)C(C)C)c2cnn(C(C)C)c2n1. The Morgan fingerprint density at radius 2 is 1.78 bits per heavy atom. The first-order valence-electron chi connectivity index (χ1n) is 12.3. The van der Waals surface area contributed by atoms with Gasteiger partial charge in [0, 0.05) is 29.6 Å². The van der Waals surface area contributed by atoms with E-state index in [1.807, 2.05) is 81.8 Å². The zero-order chi connectivity index (χ0) is 26.1. The molecule has 1 amide bonds. The molecule has 1 aromatic carbocycles. The lowest BCUT2D eigenvalue weighted by atomic mass is 10.0. The van der Waals surface area contributed by atoms with Crippen LogP contribution in [0.3, 0.4) is 0 Å². The first-order valence-corrected chi connectivity index (χ1v) is 12.3. The van der Waals surface area contributed by atoms with Gasteiger partial charge < -0.3 is 9.84 Å². The molecule has 188 valence electrons. The standard InChI is InChI=1S/C28H29N7O2/c1-16(2)24(28-33-25(34-37-28)19-10-12-29-13-11-19)32-27(36)21-14-23(20-9-7-6-8-18(20)5)31-26-22(21)15-30-35(26)17(3)4/h6-17,24H,1-5H3,(H,32,36). The second-order valence-corrected chi connectivity index (χ2v) is 9.68. The molecule has 0 aliphatic rings. The predicted molar refractivity (Wildman–Crippen MR) is 141 cm³/mol. The number of pyridine rings is 2. The Morgan fingerprint density at radius 1 is 1.03 bits per heavy atom. The van der Waals surface area contributed by atoms with Crippen molar-refractivity contribution in [3.63, 3.8) is 0 Å². The molecule has 5 aromatic rings. The number of aromatic nitrogens is 6. The quantitative estimate of drug-likeness (QED) is 0.315. The molecule has 0 bridgehead atoms. The molecule has 9 heteroatoms. The molecule has 0 saturated heterocycles. The fourth-order valence-corrected chi connectivity index (χ4v) is 4.29. The fraction of sp³-hybridized carbons (Fsp3) is 0.286. The Balaban J connectivity index is 1.55. The highest BCUT2D eigenvalue weighted by molar-refractivity contribution is 6.06. The molecule has 5 rings (SSSR count). The summed E-state index contributed by atoms with van der Waals surface area (Å²) in [5.74, 6) is 0.537. The highest BCUT2D eigenvalue weighted by atomic mass is 16.5. The molecule has 4 heterocycles. The van der Waals surface area contributed by atoms with Gasteiger partial charge in [0.1, 0.15) is 6.04 Å². The number of benzene rings is 1. The van der Waals surface area contributed by atoms with Gasteiger partial charge in [0.15, 0.2) is 5.65 Å². The summed E-state index contributed by atoms with van der Waals surface area (Å²) in [5.41, 5.74) is 4.71. The fourth-order valence-electron chi connectivity index (χ4n) is 4.29. The van der Waals surface area contributed by atoms with Gasteiger partial charge in [0.05, 0.1) is 22.8 Å². The maximum atomic E-state index is 13.8. The largest absolute Gasteiger partial charge is 0.340 e. The third-order valence-electron chi connectivity index (χ3n) is 6.32. The lowest BCUT2D eigenvalue weighted by Gasteiger charge is -2.19. The van der Waals surface area contributed by atoms with Crippen LogP contribution in [0.4, 0.5) is 0 Å². The van der Waals surface area contributed by atoms with Crippen molar-refractivity contribution in [1.29, 1.82) is 0 Å². The van der Waals surface area contributed by atoms with Crippen LogP contribution in [0.5, 0.6) is 0 Å². The maximum absolute atomic E-state index is 13.8. The van der Waals surface area contributed by atoms with Crippen LogP contribution < -0.4 is 5.32 Å². The van der Waals surface area contributed by atoms with Crippen molar-refractivity contribution in [3.05, 3.63) is 78.1 Å². The van der Waals surface area contributed by atoms with Crippen molar-refractivity contribution < 1.29 is 9.32 Å². The maximum Gasteiger partial charge on any atom is 0.252 e. The van der Waals surface area contributed by atoms with Crippen molar-refractivity contribution in [2.45, 2.75) is 46.7 Å². The molecular formula is C28H29N7O2. The first kappa shape index (κ1) is 24.3. The van der Waals surface area contributed by atoms with Gasteiger partial charge in [-0.25, -0.2) is 9.67 Å². The Morgan fingerprint density at radius 3 is 2.49 bits per heavy atom.